The van der Waals surface area contributed by atoms with Crippen molar-refractivity contribution >= 4 is 68.8 Å². The molecule has 0 aromatic heterocycles. The predicted molar refractivity (Wildman–Crippen MR) is 156 cm³/mol. The minimum atomic E-state index is -0.679. The average Bonchev–Trinajstić information content (AvgIpc) is 2.90. The fraction of sp³-hybridized carbons (Fsp3) is 0.0345. The third kappa shape index (κ3) is 7.54. The van der Waals surface area contributed by atoms with Gasteiger partial charge in [-0.25, -0.2) is 10.2 Å². The van der Waals surface area contributed by atoms with Gasteiger partial charge in [-0.15, -0.1) is 0 Å². The van der Waals surface area contributed by atoms with Gasteiger partial charge in [-0.3, -0.25) is 9.59 Å². The molecule has 0 heterocycles. The first-order valence-electron chi connectivity index (χ1n) is 11.5. The maximum absolute atomic E-state index is 12.7. The fourth-order valence-electron chi connectivity index (χ4n) is 3.39. The highest BCUT2D eigenvalue weighted by molar-refractivity contribution is 9.10. The van der Waals surface area contributed by atoms with Gasteiger partial charge in [-0.2, -0.15) is 5.10 Å². The molecule has 39 heavy (non-hydrogen) atoms. The molecule has 0 bridgehead atoms. The van der Waals surface area contributed by atoms with Gasteiger partial charge in [0.1, 0.15) is 5.75 Å². The lowest BCUT2D eigenvalue weighted by Gasteiger charge is -2.09. The van der Waals surface area contributed by atoms with Crippen LogP contribution >= 0.6 is 39.1 Å². The Balaban J connectivity index is 1.43. The standard InChI is InChI=1S/C29H20BrCl2N3O4/c1-17-5-7-18(8-6-17)27(36)34-23-4-2-3-19(14-23)28(37)35-33-16-20-13-21(30)9-12-26(20)39-29(38)24-11-10-22(31)15-25(24)32/h2-16H,1H3,(H,34,36)(H,35,37). The minimum Gasteiger partial charge on any atom is -0.422 e. The number of ether oxygens (including phenoxy) is 1. The summed E-state index contributed by atoms with van der Waals surface area (Å²) in [5.41, 5.74) is 5.30. The molecule has 0 unspecified atom stereocenters. The number of nitrogens with one attached hydrogen (secondary N) is 2. The van der Waals surface area contributed by atoms with Crippen LogP contribution in [0.2, 0.25) is 10.0 Å². The number of carbonyl (C=O) groups is 3. The van der Waals surface area contributed by atoms with Crippen molar-refractivity contribution in [2.75, 3.05) is 5.32 Å². The van der Waals surface area contributed by atoms with Gasteiger partial charge in [-0.1, -0.05) is 62.9 Å². The Labute approximate surface area is 242 Å². The minimum absolute atomic E-state index is 0.148. The molecule has 0 atom stereocenters. The van der Waals surface area contributed by atoms with E-state index in [-0.39, 0.29) is 27.8 Å². The predicted octanol–water partition coefficient (Wildman–Crippen LogP) is 7.30. The number of esters is 1. The fourth-order valence-corrected chi connectivity index (χ4v) is 4.26. The molecule has 7 nitrogen and oxygen atoms in total. The Hall–Kier alpha value is -3.98. The molecule has 2 amide bonds. The summed E-state index contributed by atoms with van der Waals surface area (Å²) in [6, 6.07) is 23.0. The molecule has 4 rings (SSSR count). The summed E-state index contributed by atoms with van der Waals surface area (Å²) in [5, 5.41) is 7.34. The second-order valence-electron chi connectivity index (χ2n) is 8.30. The quantitative estimate of drug-likeness (QED) is 0.0976. The summed E-state index contributed by atoms with van der Waals surface area (Å²) < 4.78 is 6.22. The molecule has 0 aliphatic heterocycles. The van der Waals surface area contributed by atoms with Crippen molar-refractivity contribution < 1.29 is 19.1 Å². The van der Waals surface area contributed by atoms with Gasteiger partial charge in [0.15, 0.2) is 0 Å². The van der Waals surface area contributed by atoms with Crippen molar-refractivity contribution in [2.45, 2.75) is 6.92 Å². The van der Waals surface area contributed by atoms with E-state index in [9.17, 15) is 14.4 Å². The van der Waals surface area contributed by atoms with Crippen LogP contribution in [0.4, 0.5) is 5.69 Å². The Bertz CT molecular complexity index is 1590. The first-order valence-corrected chi connectivity index (χ1v) is 13.0. The summed E-state index contributed by atoms with van der Waals surface area (Å²) in [6.45, 7) is 1.94. The number of rotatable bonds is 7. The molecule has 0 radical (unpaired) electrons. The van der Waals surface area contributed by atoms with Crippen molar-refractivity contribution in [3.05, 3.63) is 127 Å². The number of anilines is 1. The molecular weight excluding hydrogens is 605 g/mol. The largest absolute Gasteiger partial charge is 0.422 e. The van der Waals surface area contributed by atoms with Crippen LogP contribution < -0.4 is 15.5 Å². The monoisotopic (exact) mass is 623 g/mol. The molecule has 0 saturated carbocycles. The van der Waals surface area contributed by atoms with Gasteiger partial charge in [0.05, 0.1) is 16.8 Å². The Kier molecular flexibility index (Phi) is 9.14. The third-order valence-corrected chi connectivity index (χ3v) is 6.43. The number of halogens is 3. The maximum atomic E-state index is 12.7. The van der Waals surface area contributed by atoms with E-state index < -0.39 is 11.9 Å². The van der Waals surface area contributed by atoms with Crippen molar-refractivity contribution in [2.24, 2.45) is 5.10 Å². The molecule has 0 fully saturated rings. The lowest BCUT2D eigenvalue weighted by atomic mass is 10.1. The van der Waals surface area contributed by atoms with Crippen LogP contribution in [0.5, 0.6) is 5.75 Å². The van der Waals surface area contributed by atoms with Crippen molar-refractivity contribution in [3.8, 4) is 5.75 Å². The van der Waals surface area contributed by atoms with Crippen molar-refractivity contribution in [1.82, 2.24) is 5.43 Å². The second-order valence-corrected chi connectivity index (χ2v) is 10.1. The highest BCUT2D eigenvalue weighted by Gasteiger charge is 2.15. The van der Waals surface area contributed by atoms with Gasteiger partial charge in [-0.05, 0) is 73.7 Å². The van der Waals surface area contributed by atoms with Gasteiger partial charge >= 0.3 is 5.97 Å². The zero-order valence-corrected chi connectivity index (χ0v) is 23.5. The highest BCUT2D eigenvalue weighted by Crippen LogP contribution is 2.26. The second kappa shape index (κ2) is 12.7. The summed E-state index contributed by atoms with van der Waals surface area (Å²) in [7, 11) is 0. The highest BCUT2D eigenvalue weighted by atomic mass is 79.9. The molecule has 0 aliphatic rings. The van der Waals surface area contributed by atoms with E-state index in [0.29, 0.717) is 26.3 Å². The molecular formula is C29H20BrCl2N3O4. The van der Waals surface area contributed by atoms with Gasteiger partial charge < -0.3 is 10.1 Å². The van der Waals surface area contributed by atoms with E-state index in [0.717, 1.165) is 5.56 Å². The number of hydrazone groups is 1. The summed E-state index contributed by atoms with van der Waals surface area (Å²) >= 11 is 15.4. The number of benzene rings is 4. The van der Waals surface area contributed by atoms with Crippen LogP contribution in [-0.2, 0) is 0 Å². The molecule has 0 aliphatic carbocycles. The van der Waals surface area contributed by atoms with Crippen molar-refractivity contribution in [3.63, 3.8) is 0 Å². The van der Waals surface area contributed by atoms with Crippen LogP contribution in [0.25, 0.3) is 0 Å². The lowest BCUT2D eigenvalue weighted by molar-refractivity contribution is 0.0734. The smallest absolute Gasteiger partial charge is 0.345 e. The normalized spacial score (nSPS) is 10.8. The lowest BCUT2D eigenvalue weighted by Crippen LogP contribution is -2.18. The maximum Gasteiger partial charge on any atom is 0.345 e. The van der Waals surface area contributed by atoms with E-state index in [2.05, 4.69) is 31.8 Å². The zero-order chi connectivity index (χ0) is 27.9. The van der Waals surface area contributed by atoms with E-state index in [1.54, 1.807) is 54.6 Å². The van der Waals surface area contributed by atoms with E-state index in [4.69, 9.17) is 27.9 Å². The van der Waals surface area contributed by atoms with Gasteiger partial charge in [0, 0.05) is 31.9 Å². The Morgan fingerprint density at radius 3 is 2.38 bits per heavy atom. The van der Waals surface area contributed by atoms with Crippen LogP contribution in [0.1, 0.15) is 42.2 Å². The van der Waals surface area contributed by atoms with Crippen LogP contribution in [0.3, 0.4) is 0 Å². The summed E-state index contributed by atoms with van der Waals surface area (Å²) in [6.07, 6.45) is 1.35. The Morgan fingerprint density at radius 1 is 0.872 bits per heavy atom. The molecule has 0 spiro atoms. The number of aryl methyl sites for hydroxylation is 1. The van der Waals surface area contributed by atoms with E-state index in [1.807, 2.05) is 19.1 Å². The van der Waals surface area contributed by atoms with Crippen LogP contribution in [0, 0.1) is 6.92 Å². The number of carbonyl (C=O) groups excluding carboxylic acids is 3. The van der Waals surface area contributed by atoms with Crippen LogP contribution in [0.15, 0.2) is 94.5 Å². The molecule has 0 saturated heterocycles. The van der Waals surface area contributed by atoms with Gasteiger partial charge in [0.25, 0.3) is 11.8 Å². The zero-order valence-electron chi connectivity index (χ0n) is 20.4. The third-order valence-electron chi connectivity index (χ3n) is 5.39. The molecule has 196 valence electrons. The first kappa shape index (κ1) is 28.0. The Morgan fingerprint density at radius 2 is 1.64 bits per heavy atom. The first-order chi connectivity index (χ1) is 18.7. The van der Waals surface area contributed by atoms with Gasteiger partial charge in [0.2, 0.25) is 0 Å². The van der Waals surface area contributed by atoms with E-state index >= 15 is 0 Å². The van der Waals surface area contributed by atoms with E-state index in [1.165, 1.54) is 24.4 Å². The molecule has 10 heteroatoms. The molecule has 2 N–H and O–H groups in total. The molecule has 4 aromatic rings. The number of nitrogens with zero attached hydrogens (tertiary/aromatic N) is 1. The number of hydrogen-bond donors (Lipinski definition) is 2. The molecule has 4 aromatic carbocycles. The number of amides is 2. The SMILES string of the molecule is Cc1ccc(C(=O)Nc2cccc(C(=O)NN=Cc3cc(Br)ccc3OC(=O)c3ccc(Cl)cc3Cl)c2)cc1. The van der Waals surface area contributed by atoms with Crippen LogP contribution in [-0.4, -0.2) is 24.0 Å². The summed E-state index contributed by atoms with van der Waals surface area (Å²) in [4.78, 5) is 37.9. The van der Waals surface area contributed by atoms with Crippen molar-refractivity contribution in [1.29, 1.82) is 0 Å². The topological polar surface area (TPSA) is 96.9 Å². The average molecular weight is 625 g/mol. The summed E-state index contributed by atoms with van der Waals surface area (Å²) in [5.74, 6) is -1.27. The number of hydrogen-bond acceptors (Lipinski definition) is 5.